The lowest BCUT2D eigenvalue weighted by Crippen LogP contribution is -2.37. The Morgan fingerprint density at radius 2 is 1.68 bits per heavy atom. The molecule has 1 aromatic heterocycles. The first-order valence-corrected chi connectivity index (χ1v) is 9.67. The predicted molar refractivity (Wildman–Crippen MR) is 116 cm³/mol. The molecule has 146 valence electrons. The number of rotatable bonds is 7. The number of hydrogen-bond donors (Lipinski definition) is 2. The van der Waals surface area contributed by atoms with Gasteiger partial charge >= 0.3 is 0 Å². The van der Waals surface area contributed by atoms with E-state index in [0.717, 1.165) is 32.0 Å². The van der Waals surface area contributed by atoms with Crippen LogP contribution in [0.4, 0.5) is 0 Å². The number of aliphatic imine (C=N–C) groups is 1. The SMILES string of the molecule is CN=C(NCCc1cc(C)cc(C)c1)NCc1ccc(Cn2ccnc2)cc1. The van der Waals surface area contributed by atoms with Crippen molar-refractivity contribution in [2.45, 2.75) is 33.4 Å². The Morgan fingerprint density at radius 1 is 0.964 bits per heavy atom. The van der Waals surface area contributed by atoms with Crippen molar-refractivity contribution in [2.24, 2.45) is 4.99 Å². The van der Waals surface area contributed by atoms with Crippen molar-refractivity contribution in [3.8, 4) is 0 Å². The number of nitrogens with zero attached hydrogens (tertiary/aromatic N) is 3. The molecule has 0 aliphatic heterocycles. The molecule has 0 saturated carbocycles. The Kier molecular flexibility index (Phi) is 6.84. The molecule has 3 rings (SSSR count). The first-order valence-electron chi connectivity index (χ1n) is 9.67. The van der Waals surface area contributed by atoms with Crippen LogP contribution in [-0.2, 0) is 19.5 Å². The molecule has 0 aliphatic carbocycles. The molecular formula is C23H29N5. The van der Waals surface area contributed by atoms with Crippen molar-refractivity contribution in [1.29, 1.82) is 0 Å². The van der Waals surface area contributed by atoms with Gasteiger partial charge in [0, 0.05) is 39.1 Å². The molecule has 0 radical (unpaired) electrons. The van der Waals surface area contributed by atoms with E-state index in [9.17, 15) is 0 Å². The summed E-state index contributed by atoms with van der Waals surface area (Å²) in [5.74, 6) is 0.826. The van der Waals surface area contributed by atoms with Crippen LogP contribution in [0.5, 0.6) is 0 Å². The first-order chi connectivity index (χ1) is 13.6. The van der Waals surface area contributed by atoms with Crippen LogP contribution in [0.2, 0.25) is 0 Å². The van der Waals surface area contributed by atoms with Crippen LogP contribution in [0.25, 0.3) is 0 Å². The maximum absolute atomic E-state index is 4.32. The average Bonchev–Trinajstić information content (AvgIpc) is 3.18. The van der Waals surface area contributed by atoms with Crippen LogP contribution in [0.3, 0.4) is 0 Å². The Morgan fingerprint density at radius 3 is 2.32 bits per heavy atom. The topological polar surface area (TPSA) is 54.2 Å². The van der Waals surface area contributed by atoms with E-state index in [-0.39, 0.29) is 0 Å². The molecule has 0 saturated heterocycles. The highest BCUT2D eigenvalue weighted by Crippen LogP contribution is 2.09. The van der Waals surface area contributed by atoms with E-state index >= 15 is 0 Å². The number of nitrogens with one attached hydrogen (secondary N) is 2. The van der Waals surface area contributed by atoms with Crippen molar-refractivity contribution >= 4 is 5.96 Å². The van der Waals surface area contributed by atoms with Crippen LogP contribution in [0.15, 0.2) is 66.2 Å². The number of imidazole rings is 1. The van der Waals surface area contributed by atoms with E-state index in [1.807, 2.05) is 12.5 Å². The van der Waals surface area contributed by atoms with Gasteiger partial charge in [0.15, 0.2) is 5.96 Å². The minimum Gasteiger partial charge on any atom is -0.356 e. The van der Waals surface area contributed by atoms with Gasteiger partial charge in [-0.3, -0.25) is 4.99 Å². The summed E-state index contributed by atoms with van der Waals surface area (Å²) < 4.78 is 2.06. The summed E-state index contributed by atoms with van der Waals surface area (Å²) >= 11 is 0. The molecule has 0 aliphatic rings. The summed E-state index contributed by atoms with van der Waals surface area (Å²) in [6.07, 6.45) is 6.59. The van der Waals surface area contributed by atoms with Gasteiger partial charge in [0.2, 0.25) is 0 Å². The molecule has 2 aromatic carbocycles. The van der Waals surface area contributed by atoms with Crippen LogP contribution in [-0.4, -0.2) is 29.1 Å². The highest BCUT2D eigenvalue weighted by Gasteiger charge is 2.01. The molecule has 0 fully saturated rings. The molecule has 0 unspecified atom stereocenters. The van der Waals surface area contributed by atoms with E-state index in [1.165, 1.54) is 27.8 Å². The maximum atomic E-state index is 4.32. The number of aryl methyl sites for hydroxylation is 2. The fourth-order valence-electron chi connectivity index (χ4n) is 3.30. The summed E-state index contributed by atoms with van der Waals surface area (Å²) in [6.45, 7) is 6.73. The zero-order valence-corrected chi connectivity index (χ0v) is 16.9. The zero-order valence-electron chi connectivity index (χ0n) is 16.9. The molecular weight excluding hydrogens is 346 g/mol. The van der Waals surface area contributed by atoms with Crippen molar-refractivity contribution in [3.05, 3.63) is 89.0 Å². The minimum atomic E-state index is 0.745. The molecule has 0 spiro atoms. The summed E-state index contributed by atoms with van der Waals surface area (Å²) in [5, 5.41) is 6.78. The van der Waals surface area contributed by atoms with Gasteiger partial charge in [-0.25, -0.2) is 4.98 Å². The Labute approximate surface area is 167 Å². The summed E-state index contributed by atoms with van der Waals surface area (Å²) in [7, 11) is 1.81. The van der Waals surface area contributed by atoms with E-state index in [2.05, 4.69) is 81.5 Å². The second-order valence-electron chi connectivity index (χ2n) is 7.15. The lowest BCUT2D eigenvalue weighted by molar-refractivity contribution is 0.787. The van der Waals surface area contributed by atoms with Crippen molar-refractivity contribution < 1.29 is 0 Å². The van der Waals surface area contributed by atoms with Gasteiger partial charge in [0.05, 0.1) is 6.33 Å². The van der Waals surface area contributed by atoms with Gasteiger partial charge in [-0.1, -0.05) is 53.6 Å². The fourth-order valence-corrected chi connectivity index (χ4v) is 3.30. The predicted octanol–water partition coefficient (Wildman–Crippen LogP) is 3.46. The minimum absolute atomic E-state index is 0.745. The highest BCUT2D eigenvalue weighted by molar-refractivity contribution is 5.79. The normalized spacial score (nSPS) is 11.5. The lowest BCUT2D eigenvalue weighted by Gasteiger charge is -2.13. The molecule has 0 bridgehead atoms. The van der Waals surface area contributed by atoms with Crippen LogP contribution in [0, 0.1) is 13.8 Å². The van der Waals surface area contributed by atoms with Crippen LogP contribution >= 0.6 is 0 Å². The third-order valence-electron chi connectivity index (χ3n) is 4.62. The fraction of sp³-hybridized carbons (Fsp3) is 0.304. The number of benzene rings is 2. The summed E-state index contributed by atoms with van der Waals surface area (Å²) in [4.78, 5) is 8.40. The molecule has 2 N–H and O–H groups in total. The standard InChI is InChI=1S/C23H29N5/c1-18-12-19(2)14-22(13-18)8-9-26-23(24-3)27-15-20-4-6-21(7-5-20)16-28-11-10-25-17-28/h4-7,10-14,17H,8-9,15-16H2,1-3H3,(H2,24,26,27). The van der Waals surface area contributed by atoms with Crippen LogP contribution < -0.4 is 10.6 Å². The third-order valence-corrected chi connectivity index (χ3v) is 4.62. The second kappa shape index (κ2) is 9.74. The molecule has 0 amide bonds. The van der Waals surface area contributed by atoms with Gasteiger partial charge in [0.25, 0.3) is 0 Å². The molecule has 3 aromatic rings. The Balaban J connectivity index is 1.44. The van der Waals surface area contributed by atoms with E-state index < -0.39 is 0 Å². The largest absolute Gasteiger partial charge is 0.356 e. The van der Waals surface area contributed by atoms with Crippen LogP contribution in [0.1, 0.15) is 27.8 Å². The average molecular weight is 376 g/mol. The van der Waals surface area contributed by atoms with E-state index in [4.69, 9.17) is 0 Å². The summed E-state index contributed by atoms with van der Waals surface area (Å²) in [6, 6.07) is 15.3. The number of hydrogen-bond acceptors (Lipinski definition) is 2. The van der Waals surface area contributed by atoms with Gasteiger partial charge in [-0.05, 0) is 37.0 Å². The highest BCUT2D eigenvalue weighted by atomic mass is 15.2. The van der Waals surface area contributed by atoms with Crippen molar-refractivity contribution in [1.82, 2.24) is 20.2 Å². The third kappa shape index (κ3) is 5.98. The molecule has 5 nitrogen and oxygen atoms in total. The number of guanidine groups is 1. The summed E-state index contributed by atoms with van der Waals surface area (Å²) in [5.41, 5.74) is 6.47. The lowest BCUT2D eigenvalue weighted by atomic mass is 10.1. The van der Waals surface area contributed by atoms with Gasteiger partial charge < -0.3 is 15.2 Å². The molecule has 28 heavy (non-hydrogen) atoms. The molecule has 1 heterocycles. The van der Waals surface area contributed by atoms with Gasteiger partial charge in [0.1, 0.15) is 0 Å². The van der Waals surface area contributed by atoms with E-state index in [1.54, 1.807) is 13.2 Å². The Hall–Kier alpha value is -3.08. The van der Waals surface area contributed by atoms with Gasteiger partial charge in [-0.15, -0.1) is 0 Å². The smallest absolute Gasteiger partial charge is 0.191 e. The quantitative estimate of drug-likeness (QED) is 0.491. The zero-order chi connectivity index (χ0) is 19.8. The number of aromatic nitrogens is 2. The second-order valence-corrected chi connectivity index (χ2v) is 7.15. The first kappa shape index (κ1) is 19.7. The Bertz CT molecular complexity index is 875. The molecule has 0 atom stereocenters. The van der Waals surface area contributed by atoms with Crippen molar-refractivity contribution in [3.63, 3.8) is 0 Å². The molecule has 5 heteroatoms. The maximum Gasteiger partial charge on any atom is 0.191 e. The van der Waals surface area contributed by atoms with Crippen molar-refractivity contribution in [2.75, 3.05) is 13.6 Å². The monoisotopic (exact) mass is 375 g/mol. The van der Waals surface area contributed by atoms with Gasteiger partial charge in [-0.2, -0.15) is 0 Å². The van der Waals surface area contributed by atoms with E-state index in [0.29, 0.717) is 0 Å².